The summed E-state index contributed by atoms with van der Waals surface area (Å²) in [6.45, 7) is 1.99. The second kappa shape index (κ2) is 7.91. The number of nitrogens with zero attached hydrogens (tertiary/aromatic N) is 1. The lowest BCUT2D eigenvalue weighted by molar-refractivity contribution is -0.384. The van der Waals surface area contributed by atoms with Gasteiger partial charge in [-0.05, 0) is 109 Å². The third-order valence-corrected chi connectivity index (χ3v) is 7.64. The maximum absolute atomic E-state index is 11.8. The Morgan fingerprint density at radius 2 is 1.83 bits per heavy atom. The molecular weight excluding hydrogens is 658 g/mol. The van der Waals surface area contributed by atoms with Crippen molar-refractivity contribution in [1.82, 2.24) is 0 Å². The second-order valence-corrected chi connectivity index (χ2v) is 8.30. The average Bonchev–Trinajstić information content (AvgIpc) is 2.50. The Hall–Kier alpha value is -0.01000. The van der Waals surface area contributed by atoms with E-state index in [1.54, 1.807) is 12.1 Å². The summed E-state index contributed by atoms with van der Waals surface area (Å²) in [5.41, 5.74) is 3.02. The number of aryl methyl sites for hydroxylation is 1. The minimum Gasteiger partial charge on any atom is -0.276 e. The maximum atomic E-state index is 11.8. The van der Waals surface area contributed by atoms with Crippen LogP contribution in [0.5, 0.6) is 0 Å². The summed E-state index contributed by atoms with van der Waals surface area (Å²) < 4.78 is 2.39. The molecule has 0 aliphatic carbocycles. The maximum Gasteiger partial charge on any atom is 0.270 e. The van der Waals surface area contributed by atoms with Gasteiger partial charge >= 0.3 is 0 Å². The first-order valence-corrected chi connectivity index (χ1v) is 10.0. The second-order valence-electron chi connectivity index (χ2n) is 4.63. The third kappa shape index (κ3) is 3.98. The smallest absolute Gasteiger partial charge is 0.270 e. The van der Waals surface area contributed by atoms with Crippen LogP contribution >= 0.6 is 79.4 Å². The molecule has 0 saturated heterocycles. The van der Waals surface area contributed by atoms with Crippen molar-refractivity contribution in [2.24, 2.45) is 0 Å². The lowest BCUT2D eigenvalue weighted by atomic mass is 9.96. The van der Waals surface area contributed by atoms with E-state index in [9.17, 15) is 14.9 Å². The molecule has 0 N–H and O–H groups in total. The van der Waals surface area contributed by atoms with Crippen LogP contribution in [0.2, 0.25) is 0 Å². The first kappa shape index (κ1) is 19.3. The molecule has 0 fully saturated rings. The van der Waals surface area contributed by atoms with E-state index < -0.39 is 10.2 Å². The van der Waals surface area contributed by atoms with Gasteiger partial charge in [-0.2, -0.15) is 0 Å². The van der Waals surface area contributed by atoms with Gasteiger partial charge in [0.15, 0.2) is 0 Å². The van der Waals surface area contributed by atoms with Crippen LogP contribution in [0.3, 0.4) is 0 Å². The van der Waals surface area contributed by atoms with Crippen LogP contribution in [-0.2, 0) is 6.42 Å². The molecule has 2 aromatic carbocycles. The van der Waals surface area contributed by atoms with Crippen molar-refractivity contribution >= 4 is 90.3 Å². The van der Waals surface area contributed by atoms with E-state index in [4.69, 9.17) is 11.6 Å². The first-order chi connectivity index (χ1) is 10.8. The Bertz CT molecular complexity index is 824. The fourth-order valence-corrected chi connectivity index (χ4v) is 5.45. The van der Waals surface area contributed by atoms with Crippen LogP contribution < -0.4 is 0 Å². The molecule has 8 heteroatoms. The van der Waals surface area contributed by atoms with Gasteiger partial charge in [-0.15, -0.1) is 0 Å². The van der Waals surface area contributed by atoms with E-state index in [2.05, 4.69) is 67.8 Å². The van der Waals surface area contributed by atoms with Gasteiger partial charge in [0.1, 0.15) is 0 Å². The molecule has 120 valence electrons. The van der Waals surface area contributed by atoms with Gasteiger partial charge in [0.2, 0.25) is 0 Å². The highest BCUT2D eigenvalue weighted by Gasteiger charge is 2.21. The van der Waals surface area contributed by atoms with E-state index >= 15 is 0 Å². The summed E-state index contributed by atoms with van der Waals surface area (Å²) in [5, 5.41) is 10.6. The number of nitro benzene ring substituents is 1. The van der Waals surface area contributed by atoms with Gasteiger partial charge < -0.3 is 0 Å². The van der Waals surface area contributed by atoms with Crippen LogP contribution in [0.15, 0.2) is 24.3 Å². The molecule has 0 bridgehead atoms. The minimum absolute atomic E-state index is 0.0281. The quantitative estimate of drug-likeness (QED) is 0.132. The van der Waals surface area contributed by atoms with E-state index in [1.165, 1.54) is 6.07 Å². The van der Waals surface area contributed by atoms with Crippen LogP contribution in [0.1, 0.15) is 22.8 Å². The lowest BCUT2D eigenvalue weighted by Crippen LogP contribution is -2.04. The zero-order valence-electron chi connectivity index (χ0n) is 11.7. The predicted molar refractivity (Wildman–Crippen MR) is 116 cm³/mol. The summed E-state index contributed by atoms with van der Waals surface area (Å²) in [6, 6.07) is 6.75. The van der Waals surface area contributed by atoms with Crippen molar-refractivity contribution in [1.29, 1.82) is 0 Å². The molecule has 0 saturated carbocycles. The SMILES string of the molecule is CCc1ccc([N+](=O)[O-])cc1-c1cc(I)c(I)c(C(=O)Cl)c1I. The standard InChI is InChI=1S/C15H9ClI3NO3/c1-2-7-3-4-8(20(22)23)5-9(7)10-6-11(17)14(19)12(13(10)18)15(16)21/h3-6H,2H2,1H3. The topological polar surface area (TPSA) is 60.2 Å². The molecule has 0 amide bonds. The summed E-state index contributed by atoms with van der Waals surface area (Å²) in [5.74, 6) is 0. The Morgan fingerprint density at radius 3 is 2.35 bits per heavy atom. The molecule has 2 aromatic rings. The molecule has 4 nitrogen and oxygen atoms in total. The molecule has 2 rings (SSSR count). The Balaban J connectivity index is 2.84. The third-order valence-electron chi connectivity index (χ3n) is 3.33. The number of nitro groups is 1. The Morgan fingerprint density at radius 1 is 1.17 bits per heavy atom. The summed E-state index contributed by atoms with van der Waals surface area (Å²) in [4.78, 5) is 22.5. The van der Waals surface area contributed by atoms with Crippen molar-refractivity contribution in [3.63, 3.8) is 0 Å². The molecule has 0 aromatic heterocycles. The van der Waals surface area contributed by atoms with Crippen molar-refractivity contribution in [2.45, 2.75) is 13.3 Å². The van der Waals surface area contributed by atoms with Gasteiger partial charge in [0, 0.05) is 22.8 Å². The zero-order valence-corrected chi connectivity index (χ0v) is 18.9. The highest BCUT2D eigenvalue weighted by molar-refractivity contribution is 14.1. The van der Waals surface area contributed by atoms with E-state index in [-0.39, 0.29) is 5.69 Å². The zero-order chi connectivity index (χ0) is 17.3. The van der Waals surface area contributed by atoms with Crippen LogP contribution in [0.4, 0.5) is 5.69 Å². The monoisotopic (exact) mass is 667 g/mol. The highest BCUT2D eigenvalue weighted by Crippen LogP contribution is 2.37. The molecule has 0 spiro atoms. The summed E-state index contributed by atoms with van der Waals surface area (Å²) in [7, 11) is 0. The number of rotatable bonds is 4. The molecule has 23 heavy (non-hydrogen) atoms. The van der Waals surface area contributed by atoms with Gasteiger partial charge in [0.05, 0.1) is 10.5 Å². The molecule has 0 atom stereocenters. The highest BCUT2D eigenvalue weighted by atomic mass is 127. The van der Waals surface area contributed by atoms with Crippen molar-refractivity contribution < 1.29 is 9.72 Å². The van der Waals surface area contributed by atoms with Crippen molar-refractivity contribution in [3.05, 3.63) is 56.2 Å². The Kier molecular flexibility index (Phi) is 6.65. The molecular formula is C15H9ClI3NO3. The molecule has 0 aliphatic rings. The number of carbonyl (C=O) groups excluding carboxylic acids is 1. The van der Waals surface area contributed by atoms with E-state index in [1.807, 2.05) is 13.0 Å². The predicted octanol–water partition coefficient (Wildman–Crippen LogP) is 6.02. The number of carbonyl (C=O) groups is 1. The van der Waals surface area contributed by atoms with Gasteiger partial charge in [-0.3, -0.25) is 14.9 Å². The minimum atomic E-state index is -0.526. The van der Waals surface area contributed by atoms with Crippen molar-refractivity contribution in [3.8, 4) is 11.1 Å². The summed E-state index contributed by atoms with van der Waals surface area (Å²) >= 11 is 12.1. The van der Waals surface area contributed by atoms with E-state index in [0.717, 1.165) is 30.3 Å². The molecule has 0 radical (unpaired) electrons. The van der Waals surface area contributed by atoms with Gasteiger partial charge in [-0.25, -0.2) is 0 Å². The average molecular weight is 667 g/mol. The van der Waals surface area contributed by atoms with Crippen molar-refractivity contribution in [2.75, 3.05) is 0 Å². The Labute approximate surface area is 178 Å². The van der Waals surface area contributed by atoms with Gasteiger partial charge in [-0.1, -0.05) is 13.0 Å². The number of hydrogen-bond donors (Lipinski definition) is 0. The fraction of sp³-hybridized carbons (Fsp3) is 0.133. The van der Waals surface area contributed by atoms with Gasteiger partial charge in [0.25, 0.3) is 10.9 Å². The lowest BCUT2D eigenvalue weighted by Gasteiger charge is -2.14. The normalized spacial score (nSPS) is 10.7. The summed E-state index contributed by atoms with van der Waals surface area (Å²) in [6.07, 6.45) is 0.732. The number of halogens is 4. The largest absolute Gasteiger partial charge is 0.276 e. The van der Waals surface area contributed by atoms with Crippen LogP contribution in [-0.4, -0.2) is 10.2 Å². The number of benzene rings is 2. The first-order valence-electron chi connectivity index (χ1n) is 6.42. The number of hydrogen-bond acceptors (Lipinski definition) is 3. The fourth-order valence-electron chi connectivity index (χ4n) is 2.21. The molecule has 0 unspecified atom stereocenters. The van der Waals surface area contributed by atoms with Crippen LogP contribution in [0.25, 0.3) is 11.1 Å². The molecule has 0 aliphatic heterocycles. The van der Waals surface area contributed by atoms with Crippen LogP contribution in [0, 0.1) is 20.8 Å². The molecule has 0 heterocycles. The van der Waals surface area contributed by atoms with E-state index in [0.29, 0.717) is 9.13 Å². The number of non-ortho nitro benzene ring substituents is 1.